The number of hydrogen-bond donors (Lipinski definition) is 1. The summed E-state index contributed by atoms with van der Waals surface area (Å²) in [5.74, 6) is 0.908. The highest BCUT2D eigenvalue weighted by atomic mass is 15.1. The first-order valence-corrected chi connectivity index (χ1v) is 7.91. The molecule has 1 N–H and O–H groups in total. The highest BCUT2D eigenvalue weighted by molar-refractivity contribution is 5.07. The van der Waals surface area contributed by atoms with Crippen LogP contribution in [0.2, 0.25) is 0 Å². The zero-order valence-electron chi connectivity index (χ0n) is 12.8. The van der Waals surface area contributed by atoms with Crippen molar-refractivity contribution >= 4 is 0 Å². The minimum absolute atomic E-state index is 0.336. The predicted octanol–water partition coefficient (Wildman–Crippen LogP) is 2.92. The predicted molar refractivity (Wildman–Crippen MR) is 78.8 cm³/mol. The van der Waals surface area contributed by atoms with E-state index in [1.54, 1.807) is 0 Å². The maximum atomic E-state index is 9.39. The molecule has 2 rings (SSSR count). The first-order chi connectivity index (χ1) is 9.02. The molecule has 1 unspecified atom stereocenters. The van der Waals surface area contributed by atoms with Gasteiger partial charge in [-0.1, -0.05) is 6.92 Å². The highest BCUT2D eigenvalue weighted by Gasteiger charge is 2.33. The van der Waals surface area contributed by atoms with Crippen LogP contribution in [-0.4, -0.2) is 36.1 Å². The van der Waals surface area contributed by atoms with E-state index in [2.05, 4.69) is 37.2 Å². The fourth-order valence-electron chi connectivity index (χ4n) is 3.10. The summed E-state index contributed by atoms with van der Waals surface area (Å²) in [6, 6.07) is 3.82. The Kier molecular flexibility index (Phi) is 4.86. The molecule has 0 amide bonds. The number of nitriles is 1. The second-order valence-electron chi connectivity index (χ2n) is 7.01. The smallest absolute Gasteiger partial charge is 0.105 e. The Morgan fingerprint density at radius 1 is 1.21 bits per heavy atom. The van der Waals surface area contributed by atoms with Gasteiger partial charge < -0.3 is 4.90 Å². The Balaban J connectivity index is 1.75. The monoisotopic (exact) mass is 263 g/mol. The van der Waals surface area contributed by atoms with Crippen LogP contribution in [0.3, 0.4) is 0 Å². The van der Waals surface area contributed by atoms with E-state index in [9.17, 15) is 5.26 Å². The molecule has 2 aliphatic rings. The van der Waals surface area contributed by atoms with Gasteiger partial charge in [0.25, 0.3) is 0 Å². The molecule has 0 aromatic heterocycles. The van der Waals surface area contributed by atoms with Crippen LogP contribution in [0, 0.1) is 17.2 Å². The minimum atomic E-state index is -0.336. The molecule has 2 fully saturated rings. The van der Waals surface area contributed by atoms with E-state index in [4.69, 9.17) is 0 Å². The van der Waals surface area contributed by atoms with E-state index >= 15 is 0 Å². The lowest BCUT2D eigenvalue weighted by atomic mass is 9.86. The van der Waals surface area contributed by atoms with Gasteiger partial charge in [0.05, 0.1) is 6.07 Å². The summed E-state index contributed by atoms with van der Waals surface area (Å²) in [6.45, 7) is 5.45. The molecule has 3 nitrogen and oxygen atoms in total. The van der Waals surface area contributed by atoms with Crippen LogP contribution >= 0.6 is 0 Å². The largest absolute Gasteiger partial charge is 0.303 e. The van der Waals surface area contributed by atoms with Gasteiger partial charge in [-0.25, -0.2) is 0 Å². The molecule has 3 heteroatoms. The Morgan fingerprint density at radius 3 is 2.37 bits per heavy atom. The van der Waals surface area contributed by atoms with Crippen molar-refractivity contribution in [3.63, 3.8) is 0 Å². The normalized spacial score (nSPS) is 30.9. The Bertz CT molecular complexity index is 323. The molecule has 0 heterocycles. The standard InChI is InChI=1S/C16H29N3/c1-13-4-8-15(9-5-13)19(3)11-10-16(2,12-17)18-14-6-7-14/h13-15,18H,4-11H2,1-3H3. The number of rotatable bonds is 6. The summed E-state index contributed by atoms with van der Waals surface area (Å²) >= 11 is 0. The van der Waals surface area contributed by atoms with Crippen molar-refractivity contribution in [3.05, 3.63) is 0 Å². The maximum Gasteiger partial charge on any atom is 0.105 e. The van der Waals surface area contributed by atoms with E-state index in [0.717, 1.165) is 24.9 Å². The van der Waals surface area contributed by atoms with E-state index in [-0.39, 0.29) is 5.54 Å². The highest BCUT2D eigenvalue weighted by Crippen LogP contribution is 2.28. The zero-order valence-corrected chi connectivity index (χ0v) is 12.8. The lowest BCUT2D eigenvalue weighted by molar-refractivity contribution is 0.159. The SMILES string of the molecule is CC1CCC(N(C)CCC(C)(C#N)NC2CC2)CC1. The number of nitrogens with zero attached hydrogens (tertiary/aromatic N) is 2. The average molecular weight is 263 g/mol. The van der Waals surface area contributed by atoms with Crippen molar-refractivity contribution in [1.82, 2.24) is 10.2 Å². The Morgan fingerprint density at radius 2 is 1.84 bits per heavy atom. The quantitative estimate of drug-likeness (QED) is 0.801. The van der Waals surface area contributed by atoms with Crippen molar-refractivity contribution in [2.75, 3.05) is 13.6 Å². The molecular weight excluding hydrogens is 234 g/mol. The number of nitrogens with one attached hydrogen (secondary N) is 1. The lowest BCUT2D eigenvalue weighted by Crippen LogP contribution is -2.46. The van der Waals surface area contributed by atoms with Gasteiger partial charge in [-0.05, 0) is 64.8 Å². The lowest BCUT2D eigenvalue weighted by Gasteiger charge is -2.35. The third-order valence-electron chi connectivity index (χ3n) is 4.92. The van der Waals surface area contributed by atoms with Crippen LogP contribution in [0.4, 0.5) is 0 Å². The molecule has 0 bridgehead atoms. The van der Waals surface area contributed by atoms with Gasteiger partial charge in [0, 0.05) is 18.6 Å². The second-order valence-corrected chi connectivity index (χ2v) is 7.01. The summed E-state index contributed by atoms with van der Waals surface area (Å²) in [4.78, 5) is 2.48. The van der Waals surface area contributed by atoms with Crippen molar-refractivity contribution < 1.29 is 0 Å². The molecule has 108 valence electrons. The van der Waals surface area contributed by atoms with Crippen LogP contribution < -0.4 is 5.32 Å². The average Bonchev–Trinajstić information content (AvgIpc) is 3.21. The molecule has 0 spiro atoms. The van der Waals surface area contributed by atoms with Crippen molar-refractivity contribution in [2.45, 2.75) is 76.4 Å². The van der Waals surface area contributed by atoms with Gasteiger partial charge in [-0.3, -0.25) is 5.32 Å². The third-order valence-corrected chi connectivity index (χ3v) is 4.92. The summed E-state index contributed by atoms with van der Waals surface area (Å²) < 4.78 is 0. The molecule has 2 aliphatic carbocycles. The molecule has 1 atom stereocenters. The van der Waals surface area contributed by atoms with E-state index in [0.29, 0.717) is 6.04 Å². The summed E-state index contributed by atoms with van der Waals surface area (Å²) in [5, 5.41) is 12.9. The van der Waals surface area contributed by atoms with Crippen LogP contribution in [-0.2, 0) is 0 Å². The summed E-state index contributed by atoms with van der Waals surface area (Å²) in [5.41, 5.74) is -0.336. The molecule has 0 saturated heterocycles. The molecule has 19 heavy (non-hydrogen) atoms. The summed E-state index contributed by atoms with van der Waals surface area (Å²) in [7, 11) is 2.23. The van der Waals surface area contributed by atoms with Gasteiger partial charge in [0.1, 0.15) is 5.54 Å². The maximum absolute atomic E-state index is 9.39. The second kappa shape index (κ2) is 6.24. The van der Waals surface area contributed by atoms with Crippen LogP contribution in [0.25, 0.3) is 0 Å². The van der Waals surface area contributed by atoms with Crippen LogP contribution in [0.1, 0.15) is 58.8 Å². The van der Waals surface area contributed by atoms with Crippen molar-refractivity contribution in [1.29, 1.82) is 5.26 Å². The molecule has 0 aromatic carbocycles. The first-order valence-electron chi connectivity index (χ1n) is 7.91. The molecule has 0 radical (unpaired) electrons. The molecule has 0 aliphatic heterocycles. The van der Waals surface area contributed by atoms with Crippen molar-refractivity contribution in [3.8, 4) is 6.07 Å². The Hall–Kier alpha value is -0.590. The van der Waals surface area contributed by atoms with Gasteiger partial charge >= 0.3 is 0 Å². The first kappa shape index (κ1) is 14.8. The van der Waals surface area contributed by atoms with Gasteiger partial charge in [0.15, 0.2) is 0 Å². The molecule has 0 aromatic rings. The van der Waals surface area contributed by atoms with Crippen molar-refractivity contribution in [2.24, 2.45) is 5.92 Å². The van der Waals surface area contributed by atoms with E-state index in [1.165, 1.54) is 38.5 Å². The van der Waals surface area contributed by atoms with E-state index < -0.39 is 0 Å². The zero-order chi connectivity index (χ0) is 13.9. The van der Waals surface area contributed by atoms with Crippen LogP contribution in [0.5, 0.6) is 0 Å². The summed E-state index contributed by atoms with van der Waals surface area (Å²) in [6.07, 6.45) is 8.81. The molecular formula is C16H29N3. The van der Waals surface area contributed by atoms with E-state index in [1.807, 2.05) is 0 Å². The Labute approximate surface area is 118 Å². The fraction of sp³-hybridized carbons (Fsp3) is 0.938. The van der Waals surface area contributed by atoms with Gasteiger partial charge in [-0.15, -0.1) is 0 Å². The van der Waals surface area contributed by atoms with Gasteiger partial charge in [-0.2, -0.15) is 5.26 Å². The van der Waals surface area contributed by atoms with Gasteiger partial charge in [0.2, 0.25) is 0 Å². The fourth-order valence-corrected chi connectivity index (χ4v) is 3.10. The number of hydrogen-bond acceptors (Lipinski definition) is 3. The third kappa shape index (κ3) is 4.47. The van der Waals surface area contributed by atoms with Crippen LogP contribution in [0.15, 0.2) is 0 Å². The topological polar surface area (TPSA) is 39.1 Å². The minimum Gasteiger partial charge on any atom is -0.303 e. The molecule has 2 saturated carbocycles.